The lowest BCUT2D eigenvalue weighted by molar-refractivity contribution is -0.116. The van der Waals surface area contributed by atoms with Gasteiger partial charge in [-0.3, -0.25) is 9.59 Å². The molecule has 0 atom stereocenters. The number of carbonyl (C=O) groups is 2. The average molecular weight is 400 g/mol. The third-order valence-corrected chi connectivity index (χ3v) is 4.96. The molecule has 5 nitrogen and oxygen atoms in total. The Morgan fingerprint density at radius 2 is 1.96 bits per heavy atom. The topological polar surface area (TPSA) is 71.1 Å². The number of hydrogen-bond donors (Lipinski definition) is 2. The summed E-state index contributed by atoms with van der Waals surface area (Å²) < 4.78 is 0. The number of benzene rings is 2. The quantitative estimate of drug-likeness (QED) is 0.640. The molecule has 0 fully saturated rings. The molecule has 1 aromatic heterocycles. The van der Waals surface area contributed by atoms with Crippen molar-refractivity contribution in [3.05, 3.63) is 64.1 Å². The highest BCUT2D eigenvalue weighted by Gasteiger charge is 2.11. The molecule has 3 rings (SSSR count). The first-order chi connectivity index (χ1) is 12.9. The van der Waals surface area contributed by atoms with Gasteiger partial charge in [-0.25, -0.2) is 4.98 Å². The standard InChI is InChI=1S/C20H18ClN3O2S/c1-12-8-15(21)6-7-18(12)24-19(26)10-17-11-27-20(23-17)14-4-3-5-16(9-14)22-13(2)25/h3-9,11H,10H2,1-2H3,(H,22,25)(H,24,26). The van der Waals surface area contributed by atoms with Gasteiger partial charge in [0.15, 0.2) is 0 Å². The Morgan fingerprint density at radius 1 is 1.15 bits per heavy atom. The van der Waals surface area contributed by atoms with Gasteiger partial charge < -0.3 is 10.6 Å². The Bertz CT molecular complexity index is 1000. The van der Waals surface area contributed by atoms with E-state index in [-0.39, 0.29) is 18.2 Å². The molecule has 0 bridgehead atoms. The van der Waals surface area contributed by atoms with E-state index < -0.39 is 0 Å². The molecule has 0 saturated heterocycles. The molecule has 0 aliphatic rings. The van der Waals surface area contributed by atoms with Crippen LogP contribution in [-0.2, 0) is 16.0 Å². The number of thiazole rings is 1. The Balaban J connectivity index is 1.69. The van der Waals surface area contributed by atoms with E-state index in [0.29, 0.717) is 16.4 Å². The van der Waals surface area contributed by atoms with Crippen LogP contribution >= 0.6 is 22.9 Å². The number of halogens is 1. The minimum absolute atomic E-state index is 0.124. The van der Waals surface area contributed by atoms with Gasteiger partial charge >= 0.3 is 0 Å². The Labute approximate surface area is 166 Å². The van der Waals surface area contributed by atoms with E-state index in [9.17, 15) is 9.59 Å². The van der Waals surface area contributed by atoms with Crippen LogP contribution in [-0.4, -0.2) is 16.8 Å². The SMILES string of the molecule is CC(=O)Nc1cccc(-c2nc(CC(=O)Nc3ccc(Cl)cc3C)cs2)c1. The molecule has 2 aromatic carbocycles. The molecule has 7 heteroatoms. The van der Waals surface area contributed by atoms with E-state index in [1.807, 2.05) is 36.6 Å². The molecular formula is C20H18ClN3O2S. The van der Waals surface area contributed by atoms with Gasteiger partial charge in [0, 0.05) is 34.3 Å². The van der Waals surface area contributed by atoms with E-state index >= 15 is 0 Å². The lowest BCUT2D eigenvalue weighted by atomic mass is 10.2. The number of aryl methyl sites for hydroxylation is 1. The Hall–Kier alpha value is -2.70. The van der Waals surface area contributed by atoms with E-state index in [4.69, 9.17) is 11.6 Å². The van der Waals surface area contributed by atoms with Crippen LogP contribution in [0.3, 0.4) is 0 Å². The summed E-state index contributed by atoms with van der Waals surface area (Å²) in [6.07, 6.45) is 0.184. The monoisotopic (exact) mass is 399 g/mol. The van der Waals surface area contributed by atoms with Crippen LogP contribution in [0.5, 0.6) is 0 Å². The highest BCUT2D eigenvalue weighted by atomic mass is 35.5. The van der Waals surface area contributed by atoms with Crippen molar-refractivity contribution < 1.29 is 9.59 Å². The van der Waals surface area contributed by atoms with E-state index in [0.717, 1.165) is 21.8 Å². The van der Waals surface area contributed by atoms with Gasteiger partial charge in [0.1, 0.15) is 5.01 Å². The molecule has 0 aliphatic heterocycles. The maximum atomic E-state index is 12.3. The predicted octanol–water partition coefficient (Wildman–Crippen LogP) is 4.91. The first-order valence-electron chi connectivity index (χ1n) is 8.29. The third kappa shape index (κ3) is 5.15. The average Bonchev–Trinajstić information content (AvgIpc) is 3.05. The summed E-state index contributed by atoms with van der Waals surface area (Å²) in [5.41, 5.74) is 3.95. The first kappa shape index (κ1) is 19.1. The van der Waals surface area contributed by atoms with E-state index in [1.165, 1.54) is 18.3 Å². The summed E-state index contributed by atoms with van der Waals surface area (Å²) >= 11 is 7.40. The van der Waals surface area contributed by atoms with Crippen molar-refractivity contribution in [3.63, 3.8) is 0 Å². The molecule has 138 valence electrons. The second-order valence-electron chi connectivity index (χ2n) is 6.09. The number of nitrogens with one attached hydrogen (secondary N) is 2. The van der Waals surface area contributed by atoms with Crippen molar-refractivity contribution in [3.8, 4) is 10.6 Å². The lowest BCUT2D eigenvalue weighted by Gasteiger charge is -2.07. The highest BCUT2D eigenvalue weighted by molar-refractivity contribution is 7.13. The highest BCUT2D eigenvalue weighted by Crippen LogP contribution is 2.26. The molecule has 2 amide bonds. The normalized spacial score (nSPS) is 10.5. The number of aromatic nitrogens is 1. The molecule has 0 unspecified atom stereocenters. The van der Waals surface area contributed by atoms with Crippen LogP contribution < -0.4 is 10.6 Å². The maximum Gasteiger partial charge on any atom is 0.230 e. The molecule has 27 heavy (non-hydrogen) atoms. The van der Waals surface area contributed by atoms with Crippen LogP contribution in [0.2, 0.25) is 5.02 Å². The number of carbonyl (C=O) groups excluding carboxylic acids is 2. The molecule has 0 aliphatic carbocycles. The van der Waals surface area contributed by atoms with Crippen LogP contribution in [0.4, 0.5) is 11.4 Å². The fourth-order valence-corrected chi connectivity index (χ4v) is 3.62. The second kappa shape index (κ2) is 8.33. The van der Waals surface area contributed by atoms with Crippen molar-refractivity contribution >= 4 is 46.1 Å². The Morgan fingerprint density at radius 3 is 2.70 bits per heavy atom. The van der Waals surface area contributed by atoms with E-state index in [1.54, 1.807) is 18.2 Å². The van der Waals surface area contributed by atoms with Crippen LogP contribution in [0.15, 0.2) is 47.8 Å². The second-order valence-corrected chi connectivity index (χ2v) is 7.38. The summed E-state index contributed by atoms with van der Waals surface area (Å²) in [5.74, 6) is -0.259. The first-order valence-corrected chi connectivity index (χ1v) is 9.55. The summed E-state index contributed by atoms with van der Waals surface area (Å²) in [7, 11) is 0. The zero-order chi connectivity index (χ0) is 19.4. The predicted molar refractivity (Wildman–Crippen MR) is 110 cm³/mol. The van der Waals surface area contributed by atoms with Gasteiger partial charge in [0.05, 0.1) is 12.1 Å². The third-order valence-electron chi connectivity index (χ3n) is 3.79. The van der Waals surface area contributed by atoms with Crippen molar-refractivity contribution in [1.29, 1.82) is 0 Å². The zero-order valence-corrected chi connectivity index (χ0v) is 16.4. The summed E-state index contributed by atoms with van der Waals surface area (Å²) in [5, 5.41) is 8.94. The molecule has 1 heterocycles. The van der Waals surface area contributed by atoms with Gasteiger partial charge in [-0.15, -0.1) is 11.3 Å². The van der Waals surface area contributed by atoms with Gasteiger partial charge in [-0.05, 0) is 42.8 Å². The van der Waals surface area contributed by atoms with E-state index in [2.05, 4.69) is 15.6 Å². The molecule has 2 N–H and O–H groups in total. The van der Waals surface area contributed by atoms with Crippen LogP contribution in [0.25, 0.3) is 10.6 Å². The summed E-state index contributed by atoms with van der Waals surface area (Å²) in [4.78, 5) is 28.1. The fourth-order valence-electron chi connectivity index (χ4n) is 2.58. The fraction of sp³-hybridized carbons (Fsp3) is 0.150. The van der Waals surface area contributed by atoms with Crippen molar-refractivity contribution in [1.82, 2.24) is 4.98 Å². The smallest absolute Gasteiger partial charge is 0.230 e. The number of anilines is 2. The van der Waals surface area contributed by atoms with Crippen LogP contribution in [0, 0.1) is 6.92 Å². The number of nitrogens with zero attached hydrogens (tertiary/aromatic N) is 1. The molecule has 0 saturated carbocycles. The maximum absolute atomic E-state index is 12.3. The number of amides is 2. The van der Waals surface area contributed by atoms with Gasteiger partial charge in [-0.1, -0.05) is 23.7 Å². The number of rotatable bonds is 5. The molecule has 0 radical (unpaired) electrons. The van der Waals surface area contributed by atoms with Gasteiger partial charge in [-0.2, -0.15) is 0 Å². The van der Waals surface area contributed by atoms with Crippen molar-refractivity contribution in [2.45, 2.75) is 20.3 Å². The molecule has 3 aromatic rings. The van der Waals surface area contributed by atoms with Crippen LogP contribution in [0.1, 0.15) is 18.2 Å². The molecule has 0 spiro atoms. The van der Waals surface area contributed by atoms with Crippen molar-refractivity contribution in [2.75, 3.05) is 10.6 Å². The Kier molecular flexibility index (Phi) is 5.88. The lowest BCUT2D eigenvalue weighted by Crippen LogP contribution is -2.15. The number of hydrogen-bond acceptors (Lipinski definition) is 4. The van der Waals surface area contributed by atoms with Crippen molar-refractivity contribution in [2.24, 2.45) is 0 Å². The zero-order valence-electron chi connectivity index (χ0n) is 14.9. The van der Waals surface area contributed by atoms with Gasteiger partial charge in [0.25, 0.3) is 0 Å². The minimum atomic E-state index is -0.135. The largest absolute Gasteiger partial charge is 0.326 e. The summed E-state index contributed by atoms with van der Waals surface area (Å²) in [6, 6.07) is 12.8. The molecular weight excluding hydrogens is 382 g/mol. The summed E-state index contributed by atoms with van der Waals surface area (Å²) in [6.45, 7) is 3.36. The minimum Gasteiger partial charge on any atom is -0.326 e. The van der Waals surface area contributed by atoms with Gasteiger partial charge in [0.2, 0.25) is 11.8 Å².